The monoisotopic (exact) mass is 243 g/mol. The largest absolute Gasteiger partial charge is 0.457 e. The fraction of sp³-hybridized carbons (Fsp3) is 0.333. The Bertz CT molecular complexity index is 354. The smallest absolute Gasteiger partial charge is 0.224 e. The van der Waals surface area contributed by atoms with E-state index < -0.39 is 30.1 Å². The molecule has 1 rings (SSSR count). The molecule has 0 spiro atoms. The van der Waals surface area contributed by atoms with Crippen molar-refractivity contribution in [1.29, 1.82) is 0 Å². The maximum atomic E-state index is 12.4. The minimum Gasteiger partial charge on any atom is -0.224 e. The molecule has 16 heavy (non-hydrogen) atoms. The van der Waals surface area contributed by atoms with E-state index in [1.807, 2.05) is 0 Å². The summed E-state index contributed by atoms with van der Waals surface area (Å²) in [5.74, 6) is 0. The lowest BCUT2D eigenvalue weighted by molar-refractivity contribution is -0.160. The van der Waals surface area contributed by atoms with Crippen LogP contribution >= 0.6 is 0 Å². The highest BCUT2D eigenvalue weighted by Crippen LogP contribution is 2.32. The SMILES string of the molecule is FC(F)(F)NCc1ccccc1C(F)(F)F. The van der Waals surface area contributed by atoms with Crippen LogP contribution in [0.25, 0.3) is 0 Å². The van der Waals surface area contributed by atoms with Gasteiger partial charge in [-0.1, -0.05) is 18.2 Å². The molecule has 0 atom stereocenters. The number of hydrogen-bond donors (Lipinski definition) is 1. The van der Waals surface area contributed by atoms with Gasteiger partial charge in [-0.25, -0.2) is 5.32 Å². The number of nitrogens with one attached hydrogen (secondary N) is 1. The molecule has 0 saturated heterocycles. The van der Waals surface area contributed by atoms with Crippen molar-refractivity contribution in [3.8, 4) is 0 Å². The Balaban J connectivity index is 2.88. The first-order chi connectivity index (χ1) is 7.20. The summed E-state index contributed by atoms with van der Waals surface area (Å²) in [6, 6.07) is 4.12. The zero-order valence-corrected chi connectivity index (χ0v) is 7.78. The molecule has 0 heterocycles. The topological polar surface area (TPSA) is 12.0 Å². The molecule has 90 valence electrons. The Morgan fingerprint density at radius 2 is 1.50 bits per heavy atom. The first-order valence-corrected chi connectivity index (χ1v) is 4.17. The summed E-state index contributed by atoms with van der Waals surface area (Å²) < 4.78 is 72.4. The number of halogens is 6. The molecule has 0 aromatic heterocycles. The molecular formula is C9H7F6N. The number of benzene rings is 1. The third-order valence-electron chi connectivity index (χ3n) is 1.80. The van der Waals surface area contributed by atoms with Crippen molar-refractivity contribution in [1.82, 2.24) is 5.32 Å². The maximum Gasteiger partial charge on any atom is 0.457 e. The van der Waals surface area contributed by atoms with Gasteiger partial charge in [-0.3, -0.25) is 0 Å². The third kappa shape index (κ3) is 3.73. The van der Waals surface area contributed by atoms with E-state index in [4.69, 9.17) is 0 Å². The summed E-state index contributed by atoms with van der Waals surface area (Å²) >= 11 is 0. The number of rotatable bonds is 2. The minimum atomic E-state index is -4.70. The predicted molar refractivity (Wildman–Crippen MR) is 44.3 cm³/mol. The van der Waals surface area contributed by atoms with E-state index in [9.17, 15) is 26.3 Å². The van der Waals surface area contributed by atoms with Crippen LogP contribution in [0.5, 0.6) is 0 Å². The summed E-state index contributed by atoms with van der Waals surface area (Å²) in [5, 5.41) is 1.05. The molecule has 0 bridgehead atoms. The third-order valence-corrected chi connectivity index (χ3v) is 1.80. The van der Waals surface area contributed by atoms with Crippen LogP contribution in [0.4, 0.5) is 26.3 Å². The van der Waals surface area contributed by atoms with E-state index in [-0.39, 0.29) is 0 Å². The summed E-state index contributed by atoms with van der Waals surface area (Å²) in [6.45, 7) is -0.904. The van der Waals surface area contributed by atoms with Gasteiger partial charge in [-0.2, -0.15) is 26.3 Å². The van der Waals surface area contributed by atoms with Crippen molar-refractivity contribution in [3.63, 3.8) is 0 Å². The molecule has 0 unspecified atom stereocenters. The van der Waals surface area contributed by atoms with Gasteiger partial charge in [0.2, 0.25) is 0 Å². The molecule has 1 N–H and O–H groups in total. The van der Waals surface area contributed by atoms with Crippen molar-refractivity contribution in [2.45, 2.75) is 19.0 Å². The zero-order valence-electron chi connectivity index (χ0n) is 7.78. The molecular weight excluding hydrogens is 236 g/mol. The first-order valence-electron chi connectivity index (χ1n) is 4.17. The molecule has 0 amide bonds. The standard InChI is InChI=1S/C9H7F6N/c10-8(11,12)7-4-2-1-3-6(7)5-16-9(13,14)15/h1-4,16H,5H2. The molecule has 0 fully saturated rings. The highest BCUT2D eigenvalue weighted by atomic mass is 19.4. The molecule has 7 heteroatoms. The second-order valence-corrected chi connectivity index (χ2v) is 3.01. The Labute approximate surface area is 87.1 Å². The van der Waals surface area contributed by atoms with E-state index in [2.05, 4.69) is 0 Å². The molecule has 0 aliphatic heterocycles. The Kier molecular flexibility index (Phi) is 3.47. The highest BCUT2D eigenvalue weighted by molar-refractivity contribution is 5.29. The normalized spacial score (nSPS) is 12.9. The first kappa shape index (κ1) is 12.8. The molecule has 1 nitrogen and oxygen atoms in total. The number of alkyl halides is 6. The van der Waals surface area contributed by atoms with Crippen molar-refractivity contribution in [2.24, 2.45) is 0 Å². The molecule has 0 saturated carbocycles. The van der Waals surface area contributed by atoms with Crippen LogP contribution in [0.2, 0.25) is 0 Å². The van der Waals surface area contributed by atoms with Gasteiger partial charge in [0.25, 0.3) is 0 Å². The van der Waals surface area contributed by atoms with Gasteiger partial charge in [0.05, 0.1) is 5.56 Å². The lowest BCUT2D eigenvalue weighted by Gasteiger charge is -2.14. The molecule has 0 radical (unpaired) electrons. The maximum absolute atomic E-state index is 12.4. The second-order valence-electron chi connectivity index (χ2n) is 3.01. The summed E-state index contributed by atoms with van der Waals surface area (Å²) in [6.07, 6.45) is -9.34. The van der Waals surface area contributed by atoms with Gasteiger partial charge >= 0.3 is 12.5 Å². The lowest BCUT2D eigenvalue weighted by atomic mass is 10.1. The van der Waals surface area contributed by atoms with Crippen LogP contribution in [-0.4, -0.2) is 6.30 Å². The van der Waals surface area contributed by atoms with Crippen LogP contribution in [0, 0.1) is 0 Å². The molecule has 1 aromatic rings. The van der Waals surface area contributed by atoms with Crippen LogP contribution in [0.1, 0.15) is 11.1 Å². The summed E-state index contributed by atoms with van der Waals surface area (Å²) in [4.78, 5) is 0. The van der Waals surface area contributed by atoms with Gasteiger partial charge in [0, 0.05) is 6.54 Å². The molecule has 0 aliphatic carbocycles. The van der Waals surface area contributed by atoms with Crippen LogP contribution in [0.15, 0.2) is 24.3 Å². The molecule has 0 aliphatic rings. The summed E-state index contributed by atoms with van der Waals surface area (Å²) in [7, 11) is 0. The van der Waals surface area contributed by atoms with Crippen molar-refractivity contribution >= 4 is 0 Å². The average Bonchev–Trinajstić information content (AvgIpc) is 2.12. The van der Waals surface area contributed by atoms with Gasteiger partial charge in [0.1, 0.15) is 0 Å². The quantitative estimate of drug-likeness (QED) is 0.620. The highest BCUT2D eigenvalue weighted by Gasteiger charge is 2.34. The van der Waals surface area contributed by atoms with Crippen LogP contribution < -0.4 is 5.32 Å². The van der Waals surface area contributed by atoms with Crippen molar-refractivity contribution < 1.29 is 26.3 Å². The Hall–Kier alpha value is -1.24. The second kappa shape index (κ2) is 4.32. The predicted octanol–water partition coefficient (Wildman–Crippen LogP) is 3.31. The van der Waals surface area contributed by atoms with Gasteiger partial charge < -0.3 is 0 Å². The zero-order chi connectivity index (χ0) is 12.4. The lowest BCUT2D eigenvalue weighted by Crippen LogP contribution is -2.31. The van der Waals surface area contributed by atoms with Crippen LogP contribution in [-0.2, 0) is 12.7 Å². The van der Waals surface area contributed by atoms with Crippen molar-refractivity contribution in [3.05, 3.63) is 35.4 Å². The minimum absolute atomic E-state index is 0.438. The van der Waals surface area contributed by atoms with Crippen molar-refractivity contribution in [2.75, 3.05) is 0 Å². The Morgan fingerprint density at radius 1 is 0.938 bits per heavy atom. The van der Waals surface area contributed by atoms with Gasteiger partial charge in [-0.05, 0) is 11.6 Å². The van der Waals surface area contributed by atoms with E-state index in [1.54, 1.807) is 0 Å². The Morgan fingerprint density at radius 3 is 2.00 bits per heavy atom. The van der Waals surface area contributed by atoms with E-state index in [0.29, 0.717) is 0 Å². The van der Waals surface area contributed by atoms with Gasteiger partial charge in [-0.15, -0.1) is 0 Å². The van der Waals surface area contributed by atoms with E-state index >= 15 is 0 Å². The van der Waals surface area contributed by atoms with Gasteiger partial charge in [0.15, 0.2) is 0 Å². The van der Waals surface area contributed by atoms with Crippen LogP contribution in [0.3, 0.4) is 0 Å². The fourth-order valence-corrected chi connectivity index (χ4v) is 1.15. The number of hydrogen-bond acceptors (Lipinski definition) is 1. The fourth-order valence-electron chi connectivity index (χ4n) is 1.15. The van der Waals surface area contributed by atoms with E-state index in [1.165, 1.54) is 6.07 Å². The van der Waals surface area contributed by atoms with E-state index in [0.717, 1.165) is 23.5 Å². The molecule has 1 aromatic carbocycles. The average molecular weight is 243 g/mol. The summed E-state index contributed by atoms with van der Waals surface area (Å²) in [5.41, 5.74) is -1.50.